The highest BCUT2D eigenvalue weighted by molar-refractivity contribution is 6.24. The fourth-order valence-electron chi connectivity index (χ4n) is 4.59. The number of imide groups is 1. The van der Waals surface area contributed by atoms with E-state index in [1.54, 1.807) is 29.3 Å². The molecule has 2 aliphatic rings. The Morgan fingerprint density at radius 1 is 0.970 bits per heavy atom. The summed E-state index contributed by atoms with van der Waals surface area (Å²) >= 11 is 0. The van der Waals surface area contributed by atoms with Crippen LogP contribution >= 0.6 is 0 Å². The number of hydroxylamine groups is 1. The number of nitrogens with zero attached hydrogens (tertiary/aromatic N) is 2. The lowest BCUT2D eigenvalue weighted by Gasteiger charge is -2.29. The lowest BCUT2D eigenvalue weighted by Crippen LogP contribution is -2.37. The normalized spacial score (nSPS) is 22.1. The minimum absolute atomic E-state index is 0.0117. The molecule has 3 aromatic carbocycles. The van der Waals surface area contributed by atoms with Gasteiger partial charge in [0.25, 0.3) is 5.91 Å². The predicted octanol–water partition coefficient (Wildman–Crippen LogP) is 4.15. The number of aromatic hydroxyl groups is 1. The molecule has 5 rings (SSSR count). The average Bonchev–Trinajstić information content (AvgIpc) is 3.33. The van der Waals surface area contributed by atoms with E-state index in [1.807, 2.05) is 56.3 Å². The van der Waals surface area contributed by atoms with Gasteiger partial charge in [-0.3, -0.25) is 14.4 Å². The summed E-state index contributed by atoms with van der Waals surface area (Å²) in [6.45, 7) is 4.08. The van der Waals surface area contributed by atoms with Gasteiger partial charge in [-0.15, -0.1) is 0 Å². The third-order valence-electron chi connectivity index (χ3n) is 6.11. The van der Waals surface area contributed by atoms with Crippen LogP contribution in [0.1, 0.15) is 24.1 Å². The van der Waals surface area contributed by atoms with Crippen LogP contribution in [0.15, 0.2) is 72.8 Å². The van der Waals surface area contributed by atoms with Crippen LogP contribution in [0.4, 0.5) is 11.4 Å². The fourth-order valence-corrected chi connectivity index (χ4v) is 4.59. The maximum Gasteiger partial charge on any atom is 0.266 e. The van der Waals surface area contributed by atoms with Crippen LogP contribution in [0, 0.1) is 12.8 Å². The van der Waals surface area contributed by atoms with Gasteiger partial charge in [0.05, 0.1) is 24.0 Å². The Kier molecular flexibility index (Phi) is 5.26. The van der Waals surface area contributed by atoms with Gasteiger partial charge in [0.15, 0.2) is 17.6 Å². The number of hydrogen-bond donors (Lipinski definition) is 1. The first kappa shape index (κ1) is 21.0. The van der Waals surface area contributed by atoms with Gasteiger partial charge in [-0.25, -0.2) is 9.96 Å². The van der Waals surface area contributed by atoms with E-state index in [2.05, 4.69) is 0 Å². The Morgan fingerprint density at radius 3 is 2.42 bits per heavy atom. The Labute approximate surface area is 191 Å². The molecule has 33 heavy (non-hydrogen) atoms. The Bertz CT molecular complexity index is 1210. The van der Waals surface area contributed by atoms with Crippen molar-refractivity contribution < 1.29 is 24.3 Å². The van der Waals surface area contributed by atoms with E-state index in [0.717, 1.165) is 11.3 Å². The van der Waals surface area contributed by atoms with Gasteiger partial charge in [-0.1, -0.05) is 42.5 Å². The molecule has 7 heteroatoms. The number of carbonyl (C=O) groups excluding carboxylic acids is 2. The first-order valence-corrected chi connectivity index (χ1v) is 10.9. The summed E-state index contributed by atoms with van der Waals surface area (Å²) in [6.07, 6.45) is -0.952. The van der Waals surface area contributed by atoms with Crippen LogP contribution in [0.3, 0.4) is 0 Å². The number of phenolic OH excluding ortho intramolecular Hbond substituents is 1. The first-order chi connectivity index (χ1) is 16.0. The second-order valence-electron chi connectivity index (χ2n) is 8.12. The molecule has 0 spiro atoms. The summed E-state index contributed by atoms with van der Waals surface area (Å²) in [5.41, 5.74) is 2.83. The van der Waals surface area contributed by atoms with Crippen molar-refractivity contribution in [2.24, 2.45) is 5.92 Å². The molecular formula is C26H24N2O5. The fraction of sp³-hybridized carbons (Fsp3) is 0.231. The van der Waals surface area contributed by atoms with E-state index in [-0.39, 0.29) is 17.6 Å². The first-order valence-electron chi connectivity index (χ1n) is 10.9. The van der Waals surface area contributed by atoms with Crippen molar-refractivity contribution >= 4 is 23.2 Å². The molecule has 2 fully saturated rings. The van der Waals surface area contributed by atoms with E-state index >= 15 is 0 Å². The van der Waals surface area contributed by atoms with Gasteiger partial charge >= 0.3 is 0 Å². The molecule has 0 aromatic heterocycles. The number of amides is 2. The van der Waals surface area contributed by atoms with Gasteiger partial charge in [-0.05, 0) is 55.3 Å². The number of carbonyl (C=O) groups is 2. The molecule has 2 heterocycles. The van der Waals surface area contributed by atoms with Crippen molar-refractivity contribution in [1.29, 1.82) is 0 Å². The van der Waals surface area contributed by atoms with E-state index in [0.29, 0.717) is 23.6 Å². The summed E-state index contributed by atoms with van der Waals surface area (Å²) in [6, 6.07) is 21.1. The standard InChI is InChI=1S/C26H24N2O5/c1-3-32-21-15-17(13-14-20(21)29)23-22-24(33-28(23)18-10-5-4-6-11-18)26(31)27(25(22)30)19-12-8-7-9-16(19)2/h4-15,22-24,29H,3H2,1-2H3/t22-,23+,24+/m0/s1. The quantitative estimate of drug-likeness (QED) is 0.596. The summed E-state index contributed by atoms with van der Waals surface area (Å²) in [5.74, 6) is -1.12. The van der Waals surface area contributed by atoms with Crippen molar-refractivity contribution in [3.05, 3.63) is 83.9 Å². The second-order valence-corrected chi connectivity index (χ2v) is 8.12. The molecule has 2 saturated heterocycles. The Morgan fingerprint density at radius 2 is 1.70 bits per heavy atom. The monoisotopic (exact) mass is 444 g/mol. The number of aryl methyl sites for hydroxylation is 1. The van der Waals surface area contributed by atoms with Crippen molar-refractivity contribution in [2.45, 2.75) is 26.0 Å². The average molecular weight is 444 g/mol. The smallest absolute Gasteiger partial charge is 0.266 e. The predicted molar refractivity (Wildman–Crippen MR) is 123 cm³/mol. The van der Waals surface area contributed by atoms with Crippen LogP contribution < -0.4 is 14.7 Å². The van der Waals surface area contributed by atoms with E-state index in [9.17, 15) is 14.7 Å². The van der Waals surface area contributed by atoms with Crippen molar-refractivity contribution in [3.63, 3.8) is 0 Å². The SMILES string of the molecule is CCOc1cc([C@@H]2[C@@H]3C(=O)N(c4ccccc4C)C(=O)[C@@H]3ON2c2ccccc2)ccc1O. The van der Waals surface area contributed by atoms with E-state index in [1.165, 1.54) is 11.0 Å². The minimum Gasteiger partial charge on any atom is -0.504 e. The van der Waals surface area contributed by atoms with Gasteiger partial charge < -0.3 is 9.84 Å². The Hall–Kier alpha value is -3.84. The molecule has 2 aliphatic heterocycles. The van der Waals surface area contributed by atoms with Crippen molar-refractivity contribution in [1.82, 2.24) is 0 Å². The van der Waals surface area contributed by atoms with E-state index < -0.39 is 18.1 Å². The minimum atomic E-state index is -0.952. The summed E-state index contributed by atoms with van der Waals surface area (Å²) in [7, 11) is 0. The van der Waals surface area contributed by atoms with Gasteiger partial charge in [0.2, 0.25) is 5.91 Å². The van der Waals surface area contributed by atoms with Gasteiger partial charge in [0.1, 0.15) is 5.92 Å². The van der Waals surface area contributed by atoms with Gasteiger partial charge in [0, 0.05) is 0 Å². The Balaban J connectivity index is 1.61. The maximum absolute atomic E-state index is 13.7. The van der Waals surface area contributed by atoms with Crippen molar-refractivity contribution in [2.75, 3.05) is 16.6 Å². The molecule has 0 radical (unpaired) electrons. The number of anilines is 2. The molecule has 3 aromatic rings. The van der Waals surface area contributed by atoms with E-state index in [4.69, 9.17) is 9.57 Å². The van der Waals surface area contributed by atoms with Crippen molar-refractivity contribution in [3.8, 4) is 11.5 Å². The molecule has 2 amide bonds. The number of fused-ring (bicyclic) bond motifs is 1. The van der Waals surface area contributed by atoms with Crippen LogP contribution in [-0.2, 0) is 14.4 Å². The third kappa shape index (κ3) is 3.41. The summed E-state index contributed by atoms with van der Waals surface area (Å²) in [5, 5.41) is 11.8. The van der Waals surface area contributed by atoms with Crippen LogP contribution in [0.5, 0.6) is 11.5 Å². The molecular weight excluding hydrogens is 420 g/mol. The van der Waals surface area contributed by atoms with Crippen LogP contribution in [0.2, 0.25) is 0 Å². The molecule has 0 bridgehead atoms. The summed E-state index contributed by atoms with van der Waals surface area (Å²) < 4.78 is 5.57. The molecule has 0 unspecified atom stereocenters. The number of para-hydroxylation sites is 2. The molecule has 3 atom stereocenters. The maximum atomic E-state index is 13.7. The molecule has 7 nitrogen and oxygen atoms in total. The third-order valence-corrected chi connectivity index (χ3v) is 6.11. The number of phenols is 1. The molecule has 1 N–H and O–H groups in total. The zero-order chi connectivity index (χ0) is 23.1. The second kappa shape index (κ2) is 8.26. The lowest BCUT2D eigenvalue weighted by atomic mass is 9.90. The molecule has 168 valence electrons. The zero-order valence-electron chi connectivity index (χ0n) is 18.3. The van der Waals surface area contributed by atoms with Crippen LogP contribution in [0.25, 0.3) is 0 Å². The highest BCUT2D eigenvalue weighted by atomic mass is 16.7. The number of rotatable bonds is 5. The lowest BCUT2D eigenvalue weighted by molar-refractivity contribution is -0.126. The summed E-state index contributed by atoms with van der Waals surface area (Å²) in [4.78, 5) is 34.5. The number of benzene rings is 3. The van der Waals surface area contributed by atoms with Crippen LogP contribution in [-0.4, -0.2) is 29.6 Å². The topological polar surface area (TPSA) is 79.3 Å². The highest BCUT2D eigenvalue weighted by Gasteiger charge is 2.60. The number of hydrogen-bond acceptors (Lipinski definition) is 6. The molecule has 0 saturated carbocycles. The number of ether oxygens (including phenoxy) is 1. The highest BCUT2D eigenvalue weighted by Crippen LogP contribution is 2.48. The largest absolute Gasteiger partial charge is 0.504 e. The molecule has 0 aliphatic carbocycles. The van der Waals surface area contributed by atoms with Gasteiger partial charge in [-0.2, -0.15) is 0 Å². The zero-order valence-corrected chi connectivity index (χ0v) is 18.3.